The third-order valence-electron chi connectivity index (χ3n) is 3.37. The van der Waals surface area contributed by atoms with Crippen LogP contribution in [-0.4, -0.2) is 16.2 Å². The van der Waals surface area contributed by atoms with Crippen molar-refractivity contribution < 1.29 is 15.0 Å². The van der Waals surface area contributed by atoms with E-state index in [2.05, 4.69) is 6.92 Å². The highest BCUT2D eigenvalue weighted by Gasteiger charge is 2.10. The van der Waals surface area contributed by atoms with Gasteiger partial charge in [-0.1, -0.05) is 51.5 Å². The van der Waals surface area contributed by atoms with Gasteiger partial charge in [0.05, 0.1) is 5.56 Å². The lowest BCUT2D eigenvalue weighted by Gasteiger charge is -2.06. The van der Waals surface area contributed by atoms with Crippen molar-refractivity contribution in [1.29, 1.82) is 0 Å². The Hall–Kier alpha value is -1.51. The zero-order chi connectivity index (χ0) is 14.1. The number of hydrogen-bond donors (Lipinski definition) is 2. The fourth-order valence-electron chi connectivity index (χ4n) is 2.25. The average Bonchev–Trinajstić information content (AvgIpc) is 2.39. The molecule has 0 unspecified atom stereocenters. The molecule has 3 nitrogen and oxygen atoms in total. The van der Waals surface area contributed by atoms with Gasteiger partial charge in [0, 0.05) is 0 Å². The van der Waals surface area contributed by atoms with Gasteiger partial charge in [-0.15, -0.1) is 0 Å². The third kappa shape index (κ3) is 5.77. The van der Waals surface area contributed by atoms with Gasteiger partial charge in [0.15, 0.2) is 0 Å². The predicted molar refractivity (Wildman–Crippen MR) is 76.8 cm³/mol. The molecule has 0 aliphatic heterocycles. The number of carbonyl (C=O) groups is 1. The van der Waals surface area contributed by atoms with Crippen LogP contribution in [0.1, 0.15) is 67.8 Å². The first kappa shape index (κ1) is 15.5. The Morgan fingerprint density at radius 1 is 1.05 bits per heavy atom. The van der Waals surface area contributed by atoms with E-state index in [9.17, 15) is 9.90 Å². The molecule has 0 spiro atoms. The molecule has 106 valence electrons. The van der Waals surface area contributed by atoms with Crippen LogP contribution in [0.2, 0.25) is 0 Å². The Kier molecular flexibility index (Phi) is 7.01. The van der Waals surface area contributed by atoms with Crippen LogP contribution in [-0.2, 0) is 6.42 Å². The van der Waals surface area contributed by atoms with Crippen LogP contribution in [0.15, 0.2) is 18.2 Å². The second-order valence-electron chi connectivity index (χ2n) is 5.02. The van der Waals surface area contributed by atoms with Gasteiger partial charge in [-0.25, -0.2) is 4.79 Å². The molecule has 0 radical (unpaired) electrons. The van der Waals surface area contributed by atoms with Crippen LogP contribution in [0.4, 0.5) is 0 Å². The van der Waals surface area contributed by atoms with Crippen LogP contribution in [0.3, 0.4) is 0 Å². The number of aromatic carboxylic acids is 1. The molecular weight excluding hydrogens is 240 g/mol. The van der Waals surface area contributed by atoms with Gasteiger partial charge in [-0.2, -0.15) is 0 Å². The minimum absolute atomic E-state index is 0.0146. The highest BCUT2D eigenvalue weighted by Crippen LogP contribution is 2.19. The minimum Gasteiger partial charge on any atom is -0.508 e. The van der Waals surface area contributed by atoms with Crippen LogP contribution in [0.25, 0.3) is 0 Å². The third-order valence-corrected chi connectivity index (χ3v) is 3.37. The van der Waals surface area contributed by atoms with Crippen LogP contribution < -0.4 is 0 Å². The Morgan fingerprint density at radius 2 is 1.68 bits per heavy atom. The first-order chi connectivity index (χ1) is 9.15. The topological polar surface area (TPSA) is 57.5 Å². The second-order valence-corrected chi connectivity index (χ2v) is 5.02. The van der Waals surface area contributed by atoms with E-state index in [-0.39, 0.29) is 11.3 Å². The molecule has 0 aliphatic rings. The van der Waals surface area contributed by atoms with Gasteiger partial charge < -0.3 is 10.2 Å². The summed E-state index contributed by atoms with van der Waals surface area (Å²) in [6.45, 7) is 2.21. The highest BCUT2D eigenvalue weighted by molar-refractivity contribution is 5.89. The standard InChI is InChI=1S/C16H24O3/c1-2-3-4-5-6-7-8-9-13-10-11-14(17)12-15(13)16(18)19/h10-12,17H,2-9H2,1H3,(H,18,19). The molecule has 1 rings (SSSR count). The Bertz CT molecular complexity index is 399. The van der Waals surface area contributed by atoms with E-state index in [1.807, 2.05) is 0 Å². The van der Waals surface area contributed by atoms with Gasteiger partial charge in [0.25, 0.3) is 0 Å². The molecule has 0 aliphatic carbocycles. The van der Waals surface area contributed by atoms with Crippen molar-refractivity contribution in [1.82, 2.24) is 0 Å². The summed E-state index contributed by atoms with van der Waals surface area (Å²) in [5.41, 5.74) is 1.05. The van der Waals surface area contributed by atoms with Gasteiger partial charge in [0.2, 0.25) is 0 Å². The molecule has 1 aromatic rings. The maximum atomic E-state index is 11.1. The first-order valence-electron chi connectivity index (χ1n) is 7.20. The number of rotatable bonds is 9. The molecule has 0 saturated heterocycles. The van der Waals surface area contributed by atoms with Crippen molar-refractivity contribution in [2.45, 2.75) is 58.3 Å². The number of aryl methyl sites for hydroxylation is 1. The number of aromatic hydroxyl groups is 1. The van der Waals surface area contributed by atoms with Crippen molar-refractivity contribution >= 4 is 5.97 Å². The molecule has 0 fully saturated rings. The predicted octanol–water partition coefficient (Wildman–Crippen LogP) is 4.38. The fourth-order valence-corrected chi connectivity index (χ4v) is 2.25. The SMILES string of the molecule is CCCCCCCCCc1ccc(O)cc1C(=O)O. The number of hydrogen-bond acceptors (Lipinski definition) is 2. The summed E-state index contributed by atoms with van der Waals surface area (Å²) < 4.78 is 0. The van der Waals surface area contributed by atoms with Gasteiger partial charge in [-0.3, -0.25) is 0 Å². The van der Waals surface area contributed by atoms with E-state index in [1.54, 1.807) is 12.1 Å². The summed E-state index contributed by atoms with van der Waals surface area (Å²) in [5, 5.41) is 18.4. The molecule has 2 N–H and O–H groups in total. The number of phenols is 1. The Morgan fingerprint density at radius 3 is 2.32 bits per heavy atom. The molecule has 0 atom stereocenters. The summed E-state index contributed by atoms with van der Waals surface area (Å²) in [6, 6.07) is 4.61. The van der Waals surface area contributed by atoms with Gasteiger partial charge >= 0.3 is 5.97 Å². The molecule has 3 heteroatoms. The molecule has 0 heterocycles. The number of unbranched alkanes of at least 4 members (excludes halogenated alkanes) is 6. The second kappa shape index (κ2) is 8.57. The normalized spacial score (nSPS) is 10.6. The molecule has 19 heavy (non-hydrogen) atoms. The van der Waals surface area contributed by atoms with Crippen LogP contribution in [0, 0.1) is 0 Å². The molecular formula is C16H24O3. The van der Waals surface area contributed by atoms with E-state index in [0.29, 0.717) is 0 Å². The Labute approximate surface area is 115 Å². The first-order valence-corrected chi connectivity index (χ1v) is 7.20. The maximum Gasteiger partial charge on any atom is 0.336 e. The lowest BCUT2D eigenvalue weighted by molar-refractivity contribution is 0.0695. The zero-order valence-electron chi connectivity index (χ0n) is 11.7. The summed E-state index contributed by atoms with van der Waals surface area (Å²) in [4.78, 5) is 11.1. The van der Waals surface area contributed by atoms with Crippen molar-refractivity contribution in [3.63, 3.8) is 0 Å². The van der Waals surface area contributed by atoms with E-state index in [1.165, 1.54) is 38.2 Å². The van der Waals surface area contributed by atoms with Crippen molar-refractivity contribution in [2.75, 3.05) is 0 Å². The lowest BCUT2D eigenvalue weighted by atomic mass is 10.00. The van der Waals surface area contributed by atoms with Crippen molar-refractivity contribution in [3.05, 3.63) is 29.3 Å². The number of carboxylic acid groups (broad SMARTS) is 1. The molecule has 0 saturated carbocycles. The van der Waals surface area contributed by atoms with Crippen LogP contribution in [0.5, 0.6) is 5.75 Å². The van der Waals surface area contributed by atoms with E-state index in [0.717, 1.165) is 24.8 Å². The number of carboxylic acids is 1. The average molecular weight is 264 g/mol. The monoisotopic (exact) mass is 264 g/mol. The quantitative estimate of drug-likeness (QED) is 0.650. The number of benzene rings is 1. The summed E-state index contributed by atoms with van der Waals surface area (Å²) >= 11 is 0. The van der Waals surface area contributed by atoms with Crippen molar-refractivity contribution in [2.24, 2.45) is 0 Å². The summed E-state index contributed by atoms with van der Waals surface area (Å²) in [5.74, 6) is -0.949. The number of phenolic OH excluding ortho intramolecular Hbond substituents is 1. The molecule has 0 aromatic heterocycles. The van der Waals surface area contributed by atoms with E-state index < -0.39 is 5.97 Å². The zero-order valence-corrected chi connectivity index (χ0v) is 11.7. The van der Waals surface area contributed by atoms with E-state index >= 15 is 0 Å². The molecule has 0 bridgehead atoms. The highest BCUT2D eigenvalue weighted by atomic mass is 16.4. The lowest BCUT2D eigenvalue weighted by Crippen LogP contribution is -2.02. The van der Waals surface area contributed by atoms with Crippen molar-refractivity contribution in [3.8, 4) is 5.75 Å². The van der Waals surface area contributed by atoms with Gasteiger partial charge in [-0.05, 0) is 30.5 Å². The van der Waals surface area contributed by atoms with Gasteiger partial charge in [0.1, 0.15) is 5.75 Å². The van der Waals surface area contributed by atoms with E-state index in [4.69, 9.17) is 5.11 Å². The molecule has 1 aromatic carbocycles. The maximum absolute atomic E-state index is 11.1. The minimum atomic E-state index is -0.964. The summed E-state index contributed by atoms with van der Waals surface area (Å²) in [6.07, 6.45) is 9.29. The Balaban J connectivity index is 2.35. The largest absolute Gasteiger partial charge is 0.508 e. The fraction of sp³-hybridized carbons (Fsp3) is 0.562. The summed E-state index contributed by atoms with van der Waals surface area (Å²) in [7, 11) is 0. The molecule has 0 amide bonds. The smallest absolute Gasteiger partial charge is 0.336 e. The van der Waals surface area contributed by atoms with Crippen LogP contribution >= 0.6 is 0 Å².